The predicted molar refractivity (Wildman–Crippen MR) is 117 cm³/mol. The lowest BCUT2D eigenvalue weighted by molar-refractivity contribution is -0.229. The molecule has 0 spiro atoms. The van der Waals surface area contributed by atoms with Gasteiger partial charge in [-0.2, -0.15) is 0 Å². The summed E-state index contributed by atoms with van der Waals surface area (Å²) in [5, 5.41) is 1.85. The summed E-state index contributed by atoms with van der Waals surface area (Å²) in [4.78, 5) is 0. The lowest BCUT2D eigenvalue weighted by Gasteiger charge is -2.35. The fraction of sp³-hybridized carbons (Fsp3) is 0.429. The minimum absolute atomic E-state index is 0.00459. The Morgan fingerprint density at radius 2 is 1.79 bits per heavy atom. The quantitative estimate of drug-likeness (QED) is 0.366. The molecule has 152 valence electrons. The first kappa shape index (κ1) is 22.4. The molecule has 28 heavy (non-hydrogen) atoms. The van der Waals surface area contributed by atoms with Crippen molar-refractivity contribution in [3.63, 3.8) is 0 Å². The molecule has 2 aromatic rings. The maximum atomic E-state index is 6.33. The van der Waals surface area contributed by atoms with Gasteiger partial charge in [0, 0.05) is 20.6 Å². The molecule has 1 heterocycles. The number of hydrogen-bond acceptors (Lipinski definition) is 3. The van der Waals surface area contributed by atoms with E-state index in [4.69, 9.17) is 49.0 Å². The second-order valence-electron chi connectivity index (χ2n) is 6.92. The third-order valence-corrected chi connectivity index (χ3v) is 5.97. The molecular formula is C21H22BrCl3O3. The summed E-state index contributed by atoms with van der Waals surface area (Å²) in [6.07, 6.45) is 2.43. The van der Waals surface area contributed by atoms with E-state index in [0.717, 1.165) is 35.4 Å². The van der Waals surface area contributed by atoms with E-state index in [2.05, 4.69) is 15.9 Å². The Balaban J connectivity index is 1.51. The van der Waals surface area contributed by atoms with Crippen molar-refractivity contribution in [1.82, 2.24) is 0 Å². The molecule has 1 saturated heterocycles. The molecule has 0 radical (unpaired) electrons. The summed E-state index contributed by atoms with van der Waals surface area (Å²) in [6.45, 7) is 2.95. The molecule has 1 aliphatic rings. The highest BCUT2D eigenvalue weighted by Gasteiger charge is 2.33. The van der Waals surface area contributed by atoms with Gasteiger partial charge in [0.05, 0.1) is 19.3 Å². The molecule has 0 aliphatic carbocycles. The highest BCUT2D eigenvalue weighted by atomic mass is 79.9. The molecule has 0 bridgehead atoms. The SMILES string of the molecule is CC(Br)(O[C@H]1CCC[C@H](COCc2ccc(Cl)cc2)O1)c1ccc(Cl)cc1Cl. The van der Waals surface area contributed by atoms with Crippen LogP contribution < -0.4 is 0 Å². The average molecular weight is 509 g/mol. The molecule has 0 N–H and O–H groups in total. The van der Waals surface area contributed by atoms with Gasteiger partial charge in [-0.15, -0.1) is 0 Å². The summed E-state index contributed by atoms with van der Waals surface area (Å²) in [6, 6.07) is 13.0. The first-order valence-electron chi connectivity index (χ1n) is 9.13. The predicted octanol–water partition coefficient (Wildman–Crippen LogP) is 7.34. The van der Waals surface area contributed by atoms with Crippen LogP contribution in [-0.4, -0.2) is 19.0 Å². The topological polar surface area (TPSA) is 27.7 Å². The zero-order chi connectivity index (χ0) is 20.1. The van der Waals surface area contributed by atoms with Crippen molar-refractivity contribution in [3.05, 3.63) is 68.7 Å². The van der Waals surface area contributed by atoms with Crippen molar-refractivity contribution in [3.8, 4) is 0 Å². The molecule has 0 saturated carbocycles. The van der Waals surface area contributed by atoms with Crippen LogP contribution in [0.15, 0.2) is 42.5 Å². The van der Waals surface area contributed by atoms with E-state index in [9.17, 15) is 0 Å². The number of ether oxygens (including phenoxy) is 3. The van der Waals surface area contributed by atoms with Gasteiger partial charge in [0.1, 0.15) is 4.51 Å². The molecule has 0 amide bonds. The van der Waals surface area contributed by atoms with Gasteiger partial charge in [0.2, 0.25) is 0 Å². The van der Waals surface area contributed by atoms with Crippen molar-refractivity contribution in [2.75, 3.05) is 6.61 Å². The molecule has 1 fully saturated rings. The Bertz CT molecular complexity index is 783. The van der Waals surface area contributed by atoms with Crippen LogP contribution in [0.4, 0.5) is 0 Å². The standard InChI is InChI=1S/C21H22BrCl3O3/c1-21(22,18-10-9-16(24)11-19(18)25)28-20-4-2-3-17(27-20)13-26-12-14-5-7-15(23)8-6-14/h5-11,17,20H,2-4,12-13H2,1H3/t17-,20+,21?/m1/s1. The summed E-state index contributed by atoms with van der Waals surface area (Å²) < 4.78 is 17.3. The van der Waals surface area contributed by atoms with Gasteiger partial charge in [-0.05, 0) is 71.9 Å². The van der Waals surface area contributed by atoms with Crippen LogP contribution in [0.3, 0.4) is 0 Å². The van der Waals surface area contributed by atoms with Crippen molar-refractivity contribution in [2.24, 2.45) is 0 Å². The molecule has 3 atom stereocenters. The normalized spacial score (nSPS) is 22.0. The summed E-state index contributed by atoms with van der Waals surface area (Å²) in [5.41, 5.74) is 1.89. The van der Waals surface area contributed by atoms with Gasteiger partial charge >= 0.3 is 0 Å². The molecule has 1 aliphatic heterocycles. The van der Waals surface area contributed by atoms with E-state index in [1.165, 1.54) is 0 Å². The Morgan fingerprint density at radius 1 is 1.07 bits per heavy atom. The first-order valence-corrected chi connectivity index (χ1v) is 11.1. The van der Waals surface area contributed by atoms with Gasteiger partial charge in [-0.1, -0.05) is 53.0 Å². The zero-order valence-electron chi connectivity index (χ0n) is 15.5. The molecule has 3 nitrogen and oxygen atoms in total. The van der Waals surface area contributed by atoms with Crippen LogP contribution >= 0.6 is 50.7 Å². The fourth-order valence-electron chi connectivity index (χ4n) is 3.12. The Hall–Kier alpha value is -0.330. The van der Waals surface area contributed by atoms with Crippen molar-refractivity contribution < 1.29 is 14.2 Å². The van der Waals surface area contributed by atoms with Crippen molar-refractivity contribution in [1.29, 1.82) is 0 Å². The number of alkyl halides is 1. The number of hydrogen-bond donors (Lipinski definition) is 0. The zero-order valence-corrected chi connectivity index (χ0v) is 19.3. The summed E-state index contributed by atoms with van der Waals surface area (Å²) >= 11 is 21.9. The Kier molecular flexibility index (Phi) is 8.08. The number of rotatable bonds is 7. The van der Waals surface area contributed by atoms with Gasteiger partial charge in [0.15, 0.2) is 6.29 Å². The van der Waals surface area contributed by atoms with E-state index in [0.29, 0.717) is 23.3 Å². The minimum Gasteiger partial charge on any atom is -0.374 e. The summed E-state index contributed by atoms with van der Waals surface area (Å²) in [7, 11) is 0. The third kappa shape index (κ3) is 6.33. The van der Waals surface area contributed by atoms with Crippen LogP contribution in [0.25, 0.3) is 0 Å². The third-order valence-electron chi connectivity index (χ3n) is 4.56. The van der Waals surface area contributed by atoms with Gasteiger partial charge in [-0.25, -0.2) is 0 Å². The highest BCUT2D eigenvalue weighted by molar-refractivity contribution is 9.09. The fourth-order valence-corrected chi connectivity index (χ4v) is 4.51. The van der Waals surface area contributed by atoms with Crippen LogP contribution in [0.5, 0.6) is 0 Å². The Morgan fingerprint density at radius 3 is 2.50 bits per heavy atom. The van der Waals surface area contributed by atoms with E-state index >= 15 is 0 Å². The maximum absolute atomic E-state index is 6.33. The monoisotopic (exact) mass is 506 g/mol. The first-order chi connectivity index (χ1) is 13.3. The second-order valence-corrected chi connectivity index (χ2v) is 9.71. The van der Waals surface area contributed by atoms with Gasteiger partial charge < -0.3 is 14.2 Å². The average Bonchev–Trinajstić information content (AvgIpc) is 2.63. The van der Waals surface area contributed by atoms with E-state index < -0.39 is 4.51 Å². The molecule has 3 rings (SSSR count). The van der Waals surface area contributed by atoms with Crippen molar-refractivity contribution in [2.45, 2.75) is 49.7 Å². The van der Waals surface area contributed by atoms with Crippen LogP contribution in [0.2, 0.25) is 15.1 Å². The molecule has 2 aromatic carbocycles. The van der Waals surface area contributed by atoms with Gasteiger partial charge in [0.25, 0.3) is 0 Å². The van der Waals surface area contributed by atoms with Crippen LogP contribution in [0, 0.1) is 0 Å². The van der Waals surface area contributed by atoms with Gasteiger partial charge in [-0.3, -0.25) is 0 Å². The molecule has 0 aromatic heterocycles. The Labute approximate surface area is 189 Å². The second kappa shape index (κ2) is 10.1. The number of benzene rings is 2. The lowest BCUT2D eigenvalue weighted by Crippen LogP contribution is -2.36. The lowest BCUT2D eigenvalue weighted by atomic mass is 10.1. The van der Waals surface area contributed by atoms with Crippen LogP contribution in [0.1, 0.15) is 37.3 Å². The molecule has 7 heteroatoms. The largest absolute Gasteiger partial charge is 0.374 e. The smallest absolute Gasteiger partial charge is 0.160 e. The van der Waals surface area contributed by atoms with E-state index in [-0.39, 0.29) is 12.4 Å². The van der Waals surface area contributed by atoms with Crippen LogP contribution in [-0.2, 0) is 25.3 Å². The maximum Gasteiger partial charge on any atom is 0.160 e. The summed E-state index contributed by atoms with van der Waals surface area (Å²) in [5.74, 6) is 0. The van der Waals surface area contributed by atoms with Crippen molar-refractivity contribution >= 4 is 50.7 Å². The van der Waals surface area contributed by atoms with E-state index in [1.54, 1.807) is 12.1 Å². The molecular weight excluding hydrogens is 486 g/mol. The number of halogens is 4. The molecule has 1 unspecified atom stereocenters. The van der Waals surface area contributed by atoms with E-state index in [1.807, 2.05) is 37.3 Å². The highest BCUT2D eigenvalue weighted by Crippen LogP contribution is 2.40. The minimum atomic E-state index is -0.772.